The maximum atomic E-state index is 11.7. The van der Waals surface area contributed by atoms with E-state index >= 15 is 0 Å². The molecule has 1 rings (SSSR count). The van der Waals surface area contributed by atoms with Crippen LogP contribution in [0.1, 0.15) is 52.4 Å². The number of ether oxygens (including phenoxy) is 1. The van der Waals surface area contributed by atoms with Gasteiger partial charge in [-0.15, -0.1) is 5.92 Å². The molecule has 114 valence electrons. The largest absolute Gasteiger partial charge is 0.364 e. The molecule has 0 saturated heterocycles. The summed E-state index contributed by atoms with van der Waals surface area (Å²) in [4.78, 5) is 11.7. The van der Waals surface area contributed by atoms with E-state index in [-0.39, 0.29) is 17.6 Å². The third kappa shape index (κ3) is 7.52. The summed E-state index contributed by atoms with van der Waals surface area (Å²) in [5.74, 6) is 6.37. The molecular weight excluding hydrogens is 252 g/mol. The molecular formula is C16H28N2O2. The van der Waals surface area contributed by atoms with Crippen LogP contribution < -0.4 is 10.6 Å². The molecule has 1 aliphatic rings. The van der Waals surface area contributed by atoms with Crippen molar-refractivity contribution in [3.05, 3.63) is 0 Å². The lowest BCUT2D eigenvalue weighted by Gasteiger charge is -2.23. The summed E-state index contributed by atoms with van der Waals surface area (Å²) in [5, 5.41) is 6.01. The van der Waals surface area contributed by atoms with Crippen LogP contribution in [-0.4, -0.2) is 37.7 Å². The van der Waals surface area contributed by atoms with Crippen molar-refractivity contribution in [1.82, 2.24) is 10.6 Å². The number of hydrogen-bond donors (Lipinski definition) is 2. The molecule has 2 N–H and O–H groups in total. The number of carbonyl (C=O) groups excluding carboxylic acids is 1. The minimum atomic E-state index is -0.171. The van der Waals surface area contributed by atoms with Gasteiger partial charge in [0.25, 0.3) is 0 Å². The summed E-state index contributed by atoms with van der Waals surface area (Å²) in [6, 6.07) is 0. The van der Waals surface area contributed by atoms with Crippen molar-refractivity contribution in [1.29, 1.82) is 0 Å². The molecule has 4 heteroatoms. The number of carbonyl (C=O) groups is 1. The monoisotopic (exact) mass is 280 g/mol. The summed E-state index contributed by atoms with van der Waals surface area (Å²) in [6.45, 7) is 5.10. The zero-order chi connectivity index (χ0) is 14.8. The normalized spacial score (nSPS) is 19.4. The maximum absolute atomic E-state index is 11.7. The highest BCUT2D eigenvalue weighted by molar-refractivity contribution is 5.77. The number of nitrogens with one attached hydrogen (secondary N) is 2. The van der Waals surface area contributed by atoms with Crippen molar-refractivity contribution in [2.45, 2.75) is 64.0 Å². The van der Waals surface area contributed by atoms with E-state index in [0.29, 0.717) is 19.6 Å². The first kappa shape index (κ1) is 17.0. The SMILES string of the molecule is CNC(C)(C)CC(=O)NCCOC1C#CCCCCC1. The summed E-state index contributed by atoms with van der Waals surface area (Å²) >= 11 is 0. The molecule has 0 aromatic heterocycles. The lowest BCUT2D eigenvalue weighted by Crippen LogP contribution is -2.42. The lowest BCUT2D eigenvalue weighted by atomic mass is 10.0. The van der Waals surface area contributed by atoms with Crippen LogP contribution in [0.5, 0.6) is 0 Å². The lowest BCUT2D eigenvalue weighted by molar-refractivity contribution is -0.122. The maximum Gasteiger partial charge on any atom is 0.221 e. The first-order valence-electron chi connectivity index (χ1n) is 7.59. The third-order valence-corrected chi connectivity index (χ3v) is 3.55. The molecule has 20 heavy (non-hydrogen) atoms. The van der Waals surface area contributed by atoms with E-state index in [1.165, 1.54) is 19.3 Å². The molecule has 0 bridgehead atoms. The van der Waals surface area contributed by atoms with Crippen molar-refractivity contribution in [3.63, 3.8) is 0 Å². The van der Waals surface area contributed by atoms with Crippen LogP contribution in [0.2, 0.25) is 0 Å². The summed E-state index contributed by atoms with van der Waals surface area (Å²) in [7, 11) is 1.86. The van der Waals surface area contributed by atoms with E-state index in [1.807, 2.05) is 20.9 Å². The highest BCUT2D eigenvalue weighted by atomic mass is 16.5. The van der Waals surface area contributed by atoms with Crippen LogP contribution in [-0.2, 0) is 9.53 Å². The molecule has 4 nitrogen and oxygen atoms in total. The molecule has 0 saturated carbocycles. The van der Waals surface area contributed by atoms with Crippen LogP contribution in [0, 0.1) is 11.8 Å². The summed E-state index contributed by atoms with van der Waals surface area (Å²) in [6.07, 6.45) is 6.13. The van der Waals surface area contributed by atoms with Crippen molar-refractivity contribution < 1.29 is 9.53 Å². The van der Waals surface area contributed by atoms with E-state index in [2.05, 4.69) is 22.5 Å². The first-order chi connectivity index (χ1) is 9.53. The Hall–Kier alpha value is -1.05. The van der Waals surface area contributed by atoms with Crippen molar-refractivity contribution in [2.24, 2.45) is 0 Å². The highest BCUT2D eigenvalue weighted by Crippen LogP contribution is 2.10. The highest BCUT2D eigenvalue weighted by Gasteiger charge is 2.19. The van der Waals surface area contributed by atoms with E-state index in [1.54, 1.807) is 0 Å². The van der Waals surface area contributed by atoms with Gasteiger partial charge in [0.15, 0.2) is 0 Å². The molecule has 0 aliphatic heterocycles. The number of rotatable bonds is 7. The standard InChI is InChI=1S/C16H28N2O2/c1-16(2,17-3)13-15(19)18-11-12-20-14-9-7-5-4-6-8-10-14/h14,17H,4-7,9,11-13H2,1-3H3,(H,18,19). The fourth-order valence-electron chi connectivity index (χ4n) is 2.05. The van der Waals surface area contributed by atoms with Crippen LogP contribution >= 0.6 is 0 Å². The van der Waals surface area contributed by atoms with Crippen molar-refractivity contribution in [2.75, 3.05) is 20.2 Å². The quantitative estimate of drug-likeness (QED) is 0.553. The molecule has 0 aromatic rings. The minimum absolute atomic E-state index is 0.0425. The summed E-state index contributed by atoms with van der Waals surface area (Å²) < 4.78 is 5.72. The Morgan fingerprint density at radius 2 is 2.15 bits per heavy atom. The van der Waals surface area contributed by atoms with Gasteiger partial charge in [-0.3, -0.25) is 4.79 Å². The molecule has 0 heterocycles. The Bertz CT molecular complexity index is 355. The van der Waals surface area contributed by atoms with Gasteiger partial charge in [-0.1, -0.05) is 12.3 Å². The Morgan fingerprint density at radius 3 is 2.90 bits per heavy atom. The predicted octanol–water partition coefficient (Wildman–Crippen LogP) is 1.84. The van der Waals surface area contributed by atoms with Gasteiger partial charge in [-0.25, -0.2) is 0 Å². The van der Waals surface area contributed by atoms with Gasteiger partial charge in [-0.05, 0) is 40.2 Å². The average molecular weight is 280 g/mol. The zero-order valence-electron chi connectivity index (χ0n) is 13.1. The molecule has 0 radical (unpaired) electrons. The number of amides is 1. The van der Waals surface area contributed by atoms with Gasteiger partial charge in [0, 0.05) is 24.9 Å². The van der Waals surface area contributed by atoms with Gasteiger partial charge in [-0.2, -0.15) is 0 Å². The van der Waals surface area contributed by atoms with Crippen LogP contribution in [0.25, 0.3) is 0 Å². The van der Waals surface area contributed by atoms with Gasteiger partial charge >= 0.3 is 0 Å². The van der Waals surface area contributed by atoms with E-state index in [0.717, 1.165) is 12.8 Å². The van der Waals surface area contributed by atoms with Crippen LogP contribution in [0.15, 0.2) is 0 Å². The molecule has 0 spiro atoms. The Kier molecular flexibility index (Phi) is 7.64. The second-order valence-electron chi connectivity index (χ2n) is 5.94. The fraction of sp³-hybridized carbons (Fsp3) is 0.812. The Morgan fingerprint density at radius 1 is 1.35 bits per heavy atom. The van der Waals surface area contributed by atoms with Crippen LogP contribution in [0.3, 0.4) is 0 Å². The topological polar surface area (TPSA) is 50.4 Å². The fourth-order valence-corrected chi connectivity index (χ4v) is 2.05. The molecule has 1 atom stereocenters. The predicted molar refractivity (Wildman–Crippen MR) is 81.4 cm³/mol. The Labute approximate surface area is 123 Å². The molecule has 1 aliphatic carbocycles. The zero-order valence-corrected chi connectivity index (χ0v) is 13.1. The minimum Gasteiger partial charge on any atom is -0.364 e. The number of hydrogen-bond acceptors (Lipinski definition) is 3. The summed E-state index contributed by atoms with van der Waals surface area (Å²) in [5.41, 5.74) is -0.171. The second-order valence-corrected chi connectivity index (χ2v) is 5.94. The first-order valence-corrected chi connectivity index (χ1v) is 7.59. The van der Waals surface area contributed by atoms with E-state index < -0.39 is 0 Å². The Balaban J connectivity index is 2.16. The molecule has 0 fully saturated rings. The van der Waals surface area contributed by atoms with Gasteiger partial charge in [0.05, 0.1) is 6.61 Å². The second kappa shape index (κ2) is 8.99. The van der Waals surface area contributed by atoms with E-state index in [9.17, 15) is 4.79 Å². The third-order valence-electron chi connectivity index (χ3n) is 3.55. The molecule has 1 unspecified atom stereocenters. The van der Waals surface area contributed by atoms with Gasteiger partial charge < -0.3 is 15.4 Å². The van der Waals surface area contributed by atoms with Gasteiger partial charge in [0.1, 0.15) is 6.10 Å². The average Bonchev–Trinajstić information content (AvgIpc) is 2.36. The van der Waals surface area contributed by atoms with E-state index in [4.69, 9.17) is 4.74 Å². The van der Waals surface area contributed by atoms with Crippen LogP contribution in [0.4, 0.5) is 0 Å². The molecule has 1 amide bonds. The van der Waals surface area contributed by atoms with Gasteiger partial charge in [0.2, 0.25) is 5.91 Å². The molecule has 0 aromatic carbocycles. The van der Waals surface area contributed by atoms with Crippen molar-refractivity contribution >= 4 is 5.91 Å². The smallest absolute Gasteiger partial charge is 0.221 e. The van der Waals surface area contributed by atoms with Crippen molar-refractivity contribution in [3.8, 4) is 11.8 Å².